The zero-order valence-electron chi connectivity index (χ0n) is 13.8. The van der Waals surface area contributed by atoms with Crippen molar-refractivity contribution < 1.29 is 22.6 Å². The van der Waals surface area contributed by atoms with Gasteiger partial charge in [0.15, 0.2) is 0 Å². The van der Waals surface area contributed by atoms with Crippen LogP contribution in [-0.2, 0) is 6.61 Å². The third kappa shape index (κ3) is 4.42. The Balaban J connectivity index is 1.66. The second-order valence-electron chi connectivity index (χ2n) is 6.15. The molecular weight excluding hydrogens is 333 g/mol. The van der Waals surface area contributed by atoms with E-state index in [1.165, 1.54) is 0 Å². The van der Waals surface area contributed by atoms with Crippen LogP contribution in [0.2, 0.25) is 0 Å². The smallest absolute Gasteiger partial charge is 0.389 e. The minimum Gasteiger partial charge on any atom is -0.492 e. The van der Waals surface area contributed by atoms with E-state index in [0.29, 0.717) is 18.1 Å². The fourth-order valence-corrected chi connectivity index (χ4v) is 2.68. The van der Waals surface area contributed by atoms with Crippen LogP contribution in [0.4, 0.5) is 13.2 Å². The number of halogens is 3. The predicted octanol–water partition coefficient (Wildman–Crippen LogP) is 4.00. The molecule has 1 aliphatic heterocycles. The van der Waals surface area contributed by atoms with Gasteiger partial charge >= 0.3 is 6.18 Å². The highest BCUT2D eigenvalue weighted by atomic mass is 19.4. The number of nitrogens with zero attached hydrogens (tertiary/aromatic N) is 1. The molecule has 0 bridgehead atoms. The first-order valence-electron chi connectivity index (χ1n) is 8.00. The van der Waals surface area contributed by atoms with Crippen molar-refractivity contribution in [2.75, 3.05) is 6.61 Å². The van der Waals surface area contributed by atoms with Crippen molar-refractivity contribution >= 4 is 0 Å². The van der Waals surface area contributed by atoms with Crippen molar-refractivity contribution in [3.8, 4) is 22.6 Å². The molecule has 1 unspecified atom stereocenters. The van der Waals surface area contributed by atoms with E-state index in [-0.39, 0.29) is 13.0 Å². The zero-order chi connectivity index (χ0) is 18.0. The van der Waals surface area contributed by atoms with Crippen molar-refractivity contribution in [2.45, 2.75) is 38.6 Å². The second-order valence-corrected chi connectivity index (χ2v) is 6.15. The number of hydrogen-bond donors (Lipinski definition) is 1. The summed E-state index contributed by atoms with van der Waals surface area (Å²) in [4.78, 5) is 4.27. The minimum absolute atomic E-state index is 0.0223. The quantitative estimate of drug-likeness (QED) is 0.884. The van der Waals surface area contributed by atoms with Gasteiger partial charge in [0.05, 0.1) is 0 Å². The molecule has 1 aromatic carbocycles. The van der Waals surface area contributed by atoms with Crippen LogP contribution in [0.25, 0.3) is 11.1 Å². The number of ether oxygens (including phenoxy) is 2. The van der Waals surface area contributed by atoms with E-state index >= 15 is 0 Å². The molecule has 4 nitrogen and oxygen atoms in total. The minimum atomic E-state index is -4.20. The maximum Gasteiger partial charge on any atom is 0.389 e. The highest BCUT2D eigenvalue weighted by Gasteiger charge is 2.27. The number of rotatable bonds is 5. The Labute approximate surface area is 143 Å². The molecule has 1 aliphatic rings. The highest BCUT2D eigenvalue weighted by Crippen LogP contribution is 2.39. The summed E-state index contributed by atoms with van der Waals surface area (Å²) >= 11 is 0. The average molecular weight is 352 g/mol. The van der Waals surface area contributed by atoms with Crippen molar-refractivity contribution in [3.63, 3.8) is 0 Å². The molecule has 25 heavy (non-hydrogen) atoms. The normalized spacial score (nSPS) is 14.3. The summed E-state index contributed by atoms with van der Waals surface area (Å²) in [6.45, 7) is 2.37. The Kier molecular flexibility index (Phi) is 4.85. The zero-order valence-corrected chi connectivity index (χ0v) is 13.8. The van der Waals surface area contributed by atoms with Gasteiger partial charge in [-0.05, 0) is 37.1 Å². The Bertz CT molecular complexity index is 762. The fourth-order valence-electron chi connectivity index (χ4n) is 2.68. The summed E-state index contributed by atoms with van der Waals surface area (Å²) in [6, 6.07) is 6.72. The van der Waals surface area contributed by atoms with Gasteiger partial charge < -0.3 is 15.2 Å². The van der Waals surface area contributed by atoms with Crippen molar-refractivity contribution in [2.24, 2.45) is 5.73 Å². The molecule has 0 spiro atoms. The first-order chi connectivity index (χ1) is 11.8. The Morgan fingerprint density at radius 3 is 2.84 bits per heavy atom. The van der Waals surface area contributed by atoms with E-state index in [4.69, 9.17) is 15.2 Å². The van der Waals surface area contributed by atoms with E-state index in [1.807, 2.05) is 19.1 Å². The number of pyridine rings is 1. The topological polar surface area (TPSA) is 57.4 Å². The molecule has 0 radical (unpaired) electrons. The van der Waals surface area contributed by atoms with E-state index < -0.39 is 18.6 Å². The maximum absolute atomic E-state index is 12.2. The molecule has 2 heterocycles. The molecule has 0 saturated heterocycles. The summed E-state index contributed by atoms with van der Waals surface area (Å²) in [7, 11) is 0. The molecule has 2 N–H and O–H groups in total. The van der Waals surface area contributed by atoms with Gasteiger partial charge in [0.1, 0.15) is 24.7 Å². The second kappa shape index (κ2) is 6.92. The molecule has 2 aromatic rings. The molecule has 1 atom stereocenters. The first-order valence-corrected chi connectivity index (χ1v) is 8.00. The van der Waals surface area contributed by atoms with Crippen LogP contribution in [0.5, 0.6) is 11.5 Å². The standard InChI is InChI=1S/C18H19F3N2O2/c1-11-6-16-12(8-23-11)9-25-17-7-14(2-3-15(16)17)24-10-13(22)4-5-18(19,20)21/h2-3,6-8,13H,4-5,9-10,22H2,1H3. The lowest BCUT2D eigenvalue weighted by Crippen LogP contribution is -2.29. The summed E-state index contributed by atoms with van der Waals surface area (Å²) in [5, 5.41) is 0. The SMILES string of the molecule is Cc1cc2c(cn1)COc1cc(OCC(N)CCC(F)(F)F)ccc1-2. The maximum atomic E-state index is 12.2. The van der Waals surface area contributed by atoms with Crippen LogP contribution in [-0.4, -0.2) is 23.8 Å². The number of aromatic nitrogens is 1. The van der Waals surface area contributed by atoms with Gasteiger partial charge in [-0.3, -0.25) is 4.98 Å². The van der Waals surface area contributed by atoms with E-state index in [2.05, 4.69) is 4.98 Å². The Hall–Kier alpha value is -2.28. The lowest BCUT2D eigenvalue weighted by molar-refractivity contribution is -0.136. The first kappa shape index (κ1) is 17.5. The van der Waals surface area contributed by atoms with E-state index in [1.54, 1.807) is 18.3 Å². The van der Waals surface area contributed by atoms with Crippen molar-refractivity contribution in [3.05, 3.63) is 41.7 Å². The summed E-state index contributed by atoms with van der Waals surface area (Å²) in [5.74, 6) is 1.20. The van der Waals surface area contributed by atoms with Crippen LogP contribution in [0.3, 0.4) is 0 Å². The Morgan fingerprint density at radius 2 is 2.08 bits per heavy atom. The summed E-state index contributed by atoms with van der Waals surface area (Å²) in [5.41, 5.74) is 9.63. The largest absolute Gasteiger partial charge is 0.492 e. The van der Waals surface area contributed by atoms with Gasteiger partial charge in [-0.2, -0.15) is 13.2 Å². The number of alkyl halides is 3. The number of benzene rings is 1. The molecule has 1 aromatic heterocycles. The van der Waals surface area contributed by atoms with E-state index in [0.717, 1.165) is 22.4 Å². The third-order valence-corrected chi connectivity index (χ3v) is 4.01. The Morgan fingerprint density at radius 1 is 1.28 bits per heavy atom. The summed E-state index contributed by atoms with van der Waals surface area (Å²) < 4.78 is 47.9. The summed E-state index contributed by atoms with van der Waals surface area (Å²) in [6.07, 6.45) is -3.46. The predicted molar refractivity (Wildman–Crippen MR) is 87.5 cm³/mol. The average Bonchev–Trinajstić information content (AvgIpc) is 2.57. The van der Waals surface area contributed by atoms with Crippen molar-refractivity contribution in [1.29, 1.82) is 0 Å². The molecule has 0 fully saturated rings. The van der Waals surface area contributed by atoms with Crippen LogP contribution < -0.4 is 15.2 Å². The van der Waals surface area contributed by atoms with Crippen LogP contribution in [0.15, 0.2) is 30.5 Å². The number of hydrogen-bond acceptors (Lipinski definition) is 4. The molecule has 0 aliphatic carbocycles. The lowest BCUT2D eigenvalue weighted by atomic mass is 9.98. The van der Waals surface area contributed by atoms with Gasteiger partial charge in [-0.25, -0.2) is 0 Å². The van der Waals surface area contributed by atoms with E-state index in [9.17, 15) is 13.2 Å². The van der Waals surface area contributed by atoms with Gasteiger partial charge in [-0.15, -0.1) is 0 Å². The van der Waals surface area contributed by atoms with Crippen LogP contribution in [0, 0.1) is 6.92 Å². The monoisotopic (exact) mass is 352 g/mol. The van der Waals surface area contributed by atoms with Crippen LogP contribution >= 0.6 is 0 Å². The molecular formula is C18H19F3N2O2. The number of aryl methyl sites for hydroxylation is 1. The molecule has 3 rings (SSSR count). The van der Waals surface area contributed by atoms with Crippen molar-refractivity contribution in [1.82, 2.24) is 4.98 Å². The molecule has 7 heteroatoms. The van der Waals surface area contributed by atoms with Gasteiger partial charge in [0.25, 0.3) is 0 Å². The molecule has 0 saturated carbocycles. The molecule has 134 valence electrons. The fraction of sp³-hybridized carbons (Fsp3) is 0.389. The lowest BCUT2D eigenvalue weighted by Gasteiger charge is -2.22. The van der Waals surface area contributed by atoms with Gasteiger partial charge in [0.2, 0.25) is 0 Å². The van der Waals surface area contributed by atoms with Gasteiger partial charge in [-0.1, -0.05) is 0 Å². The van der Waals surface area contributed by atoms with Crippen LogP contribution in [0.1, 0.15) is 24.1 Å². The number of nitrogens with two attached hydrogens (primary N) is 1. The third-order valence-electron chi connectivity index (χ3n) is 4.01. The van der Waals surface area contributed by atoms with Gasteiger partial charge in [0, 0.05) is 41.5 Å². The number of fused-ring (bicyclic) bond motifs is 3. The highest BCUT2D eigenvalue weighted by molar-refractivity contribution is 5.75. The molecule has 0 amide bonds.